The molecule has 0 spiro atoms. The lowest BCUT2D eigenvalue weighted by Crippen LogP contribution is -2.63. The Bertz CT molecular complexity index is 621. The predicted octanol–water partition coefficient (Wildman–Crippen LogP) is -7.73. The van der Waals surface area contributed by atoms with E-state index in [9.17, 15) is 61.0 Å². The van der Waals surface area contributed by atoms with Gasteiger partial charge in [0.15, 0.2) is 18.9 Å². The fourth-order valence-electron chi connectivity index (χ4n) is 3.54. The van der Waals surface area contributed by atoms with Gasteiger partial charge in [0.2, 0.25) is 0 Å². The molecule has 14 atom stereocenters. The third-order valence-electron chi connectivity index (χ3n) is 5.66. The van der Waals surface area contributed by atoms with Crippen LogP contribution in [-0.2, 0) is 23.7 Å². The number of carbonyl (C=O) groups is 1. The lowest BCUT2D eigenvalue weighted by Gasteiger charge is -2.44. The van der Waals surface area contributed by atoms with Crippen LogP contribution in [0.4, 0.5) is 0 Å². The molecule has 34 heavy (non-hydrogen) atoms. The summed E-state index contributed by atoms with van der Waals surface area (Å²) in [7, 11) is 0. The monoisotopic (exact) mass is 504 g/mol. The van der Waals surface area contributed by atoms with E-state index in [0.29, 0.717) is 0 Å². The quantitative estimate of drug-likeness (QED) is 0.117. The van der Waals surface area contributed by atoms with Crippen LogP contribution in [0, 0.1) is 0 Å². The number of hydrogen-bond acceptors (Lipinski definition) is 16. The van der Waals surface area contributed by atoms with Crippen molar-refractivity contribution in [3.63, 3.8) is 0 Å². The van der Waals surface area contributed by atoms with Gasteiger partial charge in [-0.15, -0.1) is 0 Å². The zero-order chi connectivity index (χ0) is 25.7. The van der Waals surface area contributed by atoms with E-state index < -0.39 is 106 Å². The van der Waals surface area contributed by atoms with Crippen LogP contribution in [0.1, 0.15) is 0 Å². The van der Waals surface area contributed by atoms with Crippen molar-refractivity contribution < 1.29 is 79.9 Å². The van der Waals surface area contributed by atoms with Gasteiger partial charge in [0.05, 0.1) is 19.8 Å². The second kappa shape index (κ2) is 12.9. The molecular weight excluding hydrogens is 472 g/mol. The molecule has 0 bridgehead atoms. The van der Waals surface area contributed by atoms with Crippen LogP contribution in [0.2, 0.25) is 0 Å². The summed E-state index contributed by atoms with van der Waals surface area (Å²) in [4.78, 5) is 11.8. The Labute approximate surface area is 192 Å². The fourth-order valence-corrected chi connectivity index (χ4v) is 3.54. The Hall–Kier alpha value is -0.930. The largest absolute Gasteiger partial charge is 0.394 e. The van der Waals surface area contributed by atoms with Gasteiger partial charge in [-0.25, -0.2) is 0 Å². The minimum absolute atomic E-state index is 0.0173. The molecule has 2 aliphatic heterocycles. The summed E-state index contributed by atoms with van der Waals surface area (Å²) in [6.45, 7) is -2.66. The summed E-state index contributed by atoms with van der Waals surface area (Å²) in [6.07, 6.45) is -25.8. The van der Waals surface area contributed by atoms with Gasteiger partial charge in [-0.3, -0.25) is 0 Å². The molecule has 0 aromatic heterocycles. The highest BCUT2D eigenvalue weighted by molar-refractivity contribution is 5.57. The Morgan fingerprint density at radius 2 is 1.15 bits per heavy atom. The Morgan fingerprint density at radius 1 is 0.706 bits per heavy atom. The van der Waals surface area contributed by atoms with Crippen molar-refractivity contribution in [1.29, 1.82) is 0 Å². The molecule has 2 fully saturated rings. The summed E-state index contributed by atoms with van der Waals surface area (Å²) >= 11 is 0. The van der Waals surface area contributed by atoms with Gasteiger partial charge < -0.3 is 79.9 Å². The molecule has 2 saturated heterocycles. The van der Waals surface area contributed by atoms with E-state index in [2.05, 4.69) is 0 Å². The first kappa shape index (κ1) is 29.3. The zero-order valence-corrected chi connectivity index (χ0v) is 17.7. The molecule has 0 aromatic carbocycles. The first-order valence-corrected chi connectivity index (χ1v) is 10.4. The molecule has 2 heterocycles. The third-order valence-corrected chi connectivity index (χ3v) is 5.66. The van der Waals surface area contributed by atoms with Crippen molar-refractivity contribution in [2.24, 2.45) is 0 Å². The van der Waals surface area contributed by atoms with E-state index >= 15 is 0 Å². The van der Waals surface area contributed by atoms with Gasteiger partial charge in [0.1, 0.15) is 73.2 Å². The van der Waals surface area contributed by atoms with Crippen LogP contribution in [0.25, 0.3) is 0 Å². The summed E-state index contributed by atoms with van der Waals surface area (Å²) in [5, 5.41) is 108. The topological polar surface area (TPSA) is 277 Å². The standard InChI is InChI=1S/C18H32O16/c19-1-5(23)9(24)16(34-18-15(30)13(28)11(26)7(3-21)32-18)8(4-22)33-17-14(29)12(27)10(25)6(2-20)31-17/h4-21,23-30H,1-3H2/t5-,6-,7-,8+,9-,10+,11+,12+,13+,14-,15-,16-,17+,18-/m1/s1. The van der Waals surface area contributed by atoms with Gasteiger partial charge in [-0.2, -0.15) is 0 Å². The number of aliphatic hydroxyl groups is 11. The summed E-state index contributed by atoms with van der Waals surface area (Å²) < 4.78 is 20.9. The van der Waals surface area contributed by atoms with Gasteiger partial charge >= 0.3 is 0 Å². The highest BCUT2D eigenvalue weighted by atomic mass is 16.7. The van der Waals surface area contributed by atoms with Crippen LogP contribution in [0.3, 0.4) is 0 Å². The van der Waals surface area contributed by atoms with Crippen molar-refractivity contribution in [1.82, 2.24) is 0 Å². The number of ether oxygens (including phenoxy) is 4. The van der Waals surface area contributed by atoms with Crippen LogP contribution in [0.5, 0.6) is 0 Å². The van der Waals surface area contributed by atoms with Crippen LogP contribution >= 0.6 is 0 Å². The highest BCUT2D eigenvalue weighted by Crippen LogP contribution is 2.28. The van der Waals surface area contributed by atoms with Crippen LogP contribution in [0.15, 0.2) is 0 Å². The normalized spacial score (nSPS) is 42.6. The molecule has 0 radical (unpaired) electrons. The Kier molecular flexibility index (Phi) is 11.1. The predicted molar refractivity (Wildman–Crippen MR) is 102 cm³/mol. The first-order chi connectivity index (χ1) is 16.0. The Morgan fingerprint density at radius 3 is 1.53 bits per heavy atom. The number of rotatable bonds is 11. The molecular formula is C18H32O16. The molecule has 16 heteroatoms. The molecule has 0 unspecified atom stereocenters. The average Bonchev–Trinajstić information content (AvgIpc) is 2.84. The number of aliphatic hydroxyl groups excluding tert-OH is 11. The second-order valence-corrected chi connectivity index (χ2v) is 7.97. The second-order valence-electron chi connectivity index (χ2n) is 7.97. The molecule has 0 aliphatic carbocycles. The summed E-state index contributed by atoms with van der Waals surface area (Å²) in [5.41, 5.74) is 0. The lowest BCUT2D eigenvalue weighted by atomic mass is 9.98. The summed E-state index contributed by atoms with van der Waals surface area (Å²) in [6, 6.07) is 0. The number of aldehydes is 1. The molecule has 0 aromatic rings. The number of carbonyl (C=O) groups excluding carboxylic acids is 1. The van der Waals surface area contributed by atoms with Gasteiger partial charge in [0, 0.05) is 0 Å². The maximum atomic E-state index is 11.8. The molecule has 0 amide bonds. The lowest BCUT2D eigenvalue weighted by molar-refractivity contribution is -0.344. The minimum atomic E-state index is -2.11. The van der Waals surface area contributed by atoms with Crippen molar-refractivity contribution in [2.75, 3.05) is 19.8 Å². The van der Waals surface area contributed by atoms with Crippen molar-refractivity contribution >= 4 is 6.29 Å². The molecule has 2 rings (SSSR count). The first-order valence-electron chi connectivity index (χ1n) is 10.4. The minimum Gasteiger partial charge on any atom is -0.394 e. The highest BCUT2D eigenvalue weighted by Gasteiger charge is 2.49. The molecule has 16 nitrogen and oxygen atoms in total. The van der Waals surface area contributed by atoms with Crippen LogP contribution < -0.4 is 0 Å². The van der Waals surface area contributed by atoms with E-state index in [1.54, 1.807) is 0 Å². The summed E-state index contributed by atoms with van der Waals surface area (Å²) in [5.74, 6) is 0. The fraction of sp³-hybridized carbons (Fsp3) is 0.944. The molecule has 200 valence electrons. The van der Waals surface area contributed by atoms with E-state index in [-0.39, 0.29) is 6.29 Å². The van der Waals surface area contributed by atoms with Gasteiger partial charge in [0.25, 0.3) is 0 Å². The van der Waals surface area contributed by atoms with Gasteiger partial charge in [-0.05, 0) is 0 Å². The van der Waals surface area contributed by atoms with Crippen LogP contribution in [-0.4, -0.2) is 168 Å². The van der Waals surface area contributed by atoms with Crippen molar-refractivity contribution in [3.05, 3.63) is 0 Å². The SMILES string of the molecule is O=C[C@H](O[C@@H]1O[C@H](CO)[C@H](O)[C@H](O)[C@H]1O)[C@@H](O[C@H]1O[C@H](CO)[C@H](O)[C@H](O)[C@H]1O)[C@H](O)[C@H](O)CO. The molecule has 2 aliphatic rings. The van der Waals surface area contributed by atoms with Crippen molar-refractivity contribution in [3.8, 4) is 0 Å². The maximum absolute atomic E-state index is 11.8. The average molecular weight is 504 g/mol. The van der Waals surface area contributed by atoms with E-state index in [1.165, 1.54) is 0 Å². The van der Waals surface area contributed by atoms with E-state index in [4.69, 9.17) is 18.9 Å². The van der Waals surface area contributed by atoms with Gasteiger partial charge in [-0.1, -0.05) is 0 Å². The van der Waals surface area contributed by atoms with Crippen molar-refractivity contribution in [2.45, 2.75) is 85.8 Å². The molecule has 11 N–H and O–H groups in total. The maximum Gasteiger partial charge on any atom is 0.187 e. The number of hydrogen-bond donors (Lipinski definition) is 11. The third kappa shape index (κ3) is 6.25. The van der Waals surface area contributed by atoms with E-state index in [0.717, 1.165) is 0 Å². The molecule has 0 saturated carbocycles. The zero-order valence-electron chi connectivity index (χ0n) is 17.7. The smallest absolute Gasteiger partial charge is 0.187 e. The van der Waals surface area contributed by atoms with E-state index in [1.807, 2.05) is 0 Å². The Balaban J connectivity index is 2.28.